The Morgan fingerprint density at radius 2 is 2.00 bits per heavy atom. The van der Waals surface area contributed by atoms with E-state index in [1.807, 2.05) is 0 Å². The number of benzene rings is 1. The summed E-state index contributed by atoms with van der Waals surface area (Å²) in [6.45, 7) is -0.0813. The predicted octanol–water partition coefficient (Wildman–Crippen LogP) is 1.16. The normalized spacial score (nSPS) is 22.5. The molecule has 1 heterocycles. The SMILES string of the molecule is NC(=O)[C@@]1(O)CCCN(C(=O)c2cccc(C(F)(F)F)c2)C1. The number of halogens is 3. The fourth-order valence-electron chi connectivity index (χ4n) is 2.42. The van der Waals surface area contributed by atoms with Gasteiger partial charge in [-0.25, -0.2) is 0 Å². The predicted molar refractivity (Wildman–Crippen MR) is 70.7 cm³/mol. The fourth-order valence-corrected chi connectivity index (χ4v) is 2.42. The molecule has 0 aliphatic carbocycles. The summed E-state index contributed by atoms with van der Waals surface area (Å²) in [6.07, 6.45) is -4.09. The average molecular weight is 316 g/mol. The summed E-state index contributed by atoms with van der Waals surface area (Å²) in [6, 6.07) is 4.02. The lowest BCUT2D eigenvalue weighted by atomic mass is 9.91. The molecule has 1 aromatic rings. The molecular formula is C14H15F3N2O3. The van der Waals surface area contributed by atoms with Crippen LogP contribution in [0.25, 0.3) is 0 Å². The molecule has 1 aliphatic rings. The van der Waals surface area contributed by atoms with Crippen LogP contribution in [0.15, 0.2) is 24.3 Å². The molecule has 1 saturated heterocycles. The van der Waals surface area contributed by atoms with Gasteiger partial charge in [0.2, 0.25) is 0 Å². The molecule has 1 aromatic carbocycles. The highest BCUT2D eigenvalue weighted by atomic mass is 19.4. The molecule has 3 N–H and O–H groups in total. The maximum absolute atomic E-state index is 12.7. The van der Waals surface area contributed by atoms with Gasteiger partial charge in [-0.3, -0.25) is 9.59 Å². The molecule has 1 aliphatic heterocycles. The number of carbonyl (C=O) groups excluding carboxylic acids is 2. The number of aliphatic hydroxyl groups is 1. The van der Waals surface area contributed by atoms with Crippen LogP contribution in [0.5, 0.6) is 0 Å². The van der Waals surface area contributed by atoms with Crippen molar-refractivity contribution in [2.75, 3.05) is 13.1 Å². The van der Waals surface area contributed by atoms with Gasteiger partial charge in [0, 0.05) is 12.1 Å². The average Bonchev–Trinajstić information content (AvgIpc) is 2.45. The molecular weight excluding hydrogens is 301 g/mol. The largest absolute Gasteiger partial charge is 0.416 e. The number of hydrogen-bond acceptors (Lipinski definition) is 3. The first-order chi connectivity index (χ1) is 10.1. The third-order valence-corrected chi connectivity index (χ3v) is 3.65. The molecule has 0 saturated carbocycles. The van der Waals surface area contributed by atoms with Crippen molar-refractivity contribution in [1.82, 2.24) is 4.90 Å². The van der Waals surface area contributed by atoms with E-state index < -0.39 is 29.2 Å². The Morgan fingerprint density at radius 3 is 2.59 bits per heavy atom. The zero-order valence-electron chi connectivity index (χ0n) is 11.6. The van der Waals surface area contributed by atoms with Crippen LogP contribution in [0.3, 0.4) is 0 Å². The number of nitrogens with two attached hydrogens (primary N) is 1. The van der Waals surface area contributed by atoms with E-state index in [9.17, 15) is 27.9 Å². The monoisotopic (exact) mass is 316 g/mol. The van der Waals surface area contributed by atoms with Crippen molar-refractivity contribution in [3.8, 4) is 0 Å². The lowest BCUT2D eigenvalue weighted by Gasteiger charge is -2.37. The fraction of sp³-hybridized carbons (Fsp3) is 0.429. The molecule has 8 heteroatoms. The minimum absolute atomic E-state index is 0.120. The Balaban J connectivity index is 2.23. The number of likely N-dealkylation sites (tertiary alicyclic amines) is 1. The van der Waals surface area contributed by atoms with Crippen LogP contribution in [0.4, 0.5) is 13.2 Å². The summed E-state index contributed by atoms with van der Waals surface area (Å²) in [4.78, 5) is 24.7. The Bertz CT molecular complexity index is 603. The van der Waals surface area contributed by atoms with Gasteiger partial charge in [0.05, 0.1) is 12.1 Å². The van der Waals surface area contributed by atoms with E-state index in [2.05, 4.69) is 0 Å². The van der Waals surface area contributed by atoms with Gasteiger partial charge in [0.15, 0.2) is 5.60 Å². The number of β-amino-alcohol motifs (C(OH)–C–C–N with tert-alkyl or cyclic N) is 1. The number of nitrogens with zero attached hydrogens (tertiary/aromatic N) is 1. The van der Waals surface area contributed by atoms with E-state index in [0.717, 1.165) is 23.1 Å². The zero-order chi connectivity index (χ0) is 16.5. The van der Waals surface area contributed by atoms with Gasteiger partial charge in [0.25, 0.3) is 11.8 Å². The van der Waals surface area contributed by atoms with E-state index in [-0.39, 0.29) is 25.1 Å². The summed E-state index contributed by atoms with van der Waals surface area (Å²) >= 11 is 0. The van der Waals surface area contributed by atoms with Crippen LogP contribution in [0.1, 0.15) is 28.8 Å². The van der Waals surface area contributed by atoms with Crippen LogP contribution in [-0.2, 0) is 11.0 Å². The highest BCUT2D eigenvalue weighted by molar-refractivity contribution is 5.95. The zero-order valence-corrected chi connectivity index (χ0v) is 11.6. The van der Waals surface area contributed by atoms with Gasteiger partial charge < -0.3 is 15.7 Å². The Morgan fingerprint density at radius 1 is 1.32 bits per heavy atom. The highest BCUT2D eigenvalue weighted by Crippen LogP contribution is 2.30. The van der Waals surface area contributed by atoms with Crippen molar-refractivity contribution in [2.24, 2.45) is 5.73 Å². The van der Waals surface area contributed by atoms with Crippen molar-refractivity contribution in [1.29, 1.82) is 0 Å². The van der Waals surface area contributed by atoms with E-state index >= 15 is 0 Å². The van der Waals surface area contributed by atoms with Crippen molar-refractivity contribution >= 4 is 11.8 Å². The standard InChI is InChI=1S/C14H15F3N2O3/c15-14(16,17)10-4-1-3-9(7-10)11(20)19-6-2-5-13(22,8-19)12(18)21/h1,3-4,7,22H,2,5-6,8H2,(H2,18,21)/t13-/m1/s1. The second-order valence-corrected chi connectivity index (χ2v) is 5.30. The van der Waals surface area contributed by atoms with E-state index in [0.29, 0.717) is 6.42 Å². The van der Waals surface area contributed by atoms with Gasteiger partial charge >= 0.3 is 6.18 Å². The first-order valence-corrected chi connectivity index (χ1v) is 6.62. The van der Waals surface area contributed by atoms with Gasteiger partial charge in [-0.15, -0.1) is 0 Å². The van der Waals surface area contributed by atoms with Crippen molar-refractivity contribution in [3.05, 3.63) is 35.4 Å². The number of primary amides is 1. The summed E-state index contributed by atoms with van der Waals surface area (Å²) in [7, 11) is 0. The van der Waals surface area contributed by atoms with Crippen LogP contribution in [0, 0.1) is 0 Å². The topological polar surface area (TPSA) is 83.6 Å². The summed E-state index contributed by atoms with van der Waals surface area (Å²) in [5.74, 6) is -1.63. The molecule has 0 bridgehead atoms. The van der Waals surface area contributed by atoms with E-state index in [1.54, 1.807) is 0 Å². The van der Waals surface area contributed by atoms with Crippen LogP contribution in [-0.4, -0.2) is 40.5 Å². The molecule has 0 aromatic heterocycles. The Labute approximate surface area is 124 Å². The minimum Gasteiger partial charge on any atom is -0.378 e. The Kier molecular flexibility index (Phi) is 4.15. The van der Waals surface area contributed by atoms with Crippen molar-refractivity contribution in [3.63, 3.8) is 0 Å². The smallest absolute Gasteiger partial charge is 0.378 e. The minimum atomic E-state index is -4.55. The van der Waals surface area contributed by atoms with Gasteiger partial charge in [-0.2, -0.15) is 13.2 Å². The molecule has 0 spiro atoms. The summed E-state index contributed by atoms with van der Waals surface area (Å²) in [5.41, 5.74) is 2.19. The molecule has 1 fully saturated rings. The molecule has 2 amide bonds. The molecule has 5 nitrogen and oxygen atoms in total. The quantitative estimate of drug-likeness (QED) is 0.859. The van der Waals surface area contributed by atoms with Crippen LogP contribution >= 0.6 is 0 Å². The van der Waals surface area contributed by atoms with Gasteiger partial charge in [0.1, 0.15) is 0 Å². The lowest BCUT2D eigenvalue weighted by molar-refractivity contribution is -0.140. The van der Waals surface area contributed by atoms with Gasteiger partial charge in [-0.1, -0.05) is 6.07 Å². The van der Waals surface area contributed by atoms with Crippen LogP contribution in [0.2, 0.25) is 0 Å². The number of amides is 2. The summed E-state index contributed by atoms with van der Waals surface area (Å²) < 4.78 is 38.0. The molecule has 2 rings (SSSR count). The number of piperidine rings is 1. The molecule has 1 atom stereocenters. The maximum Gasteiger partial charge on any atom is 0.416 e. The molecule has 120 valence electrons. The molecule has 0 unspecified atom stereocenters. The van der Waals surface area contributed by atoms with E-state index in [4.69, 9.17) is 5.73 Å². The molecule has 22 heavy (non-hydrogen) atoms. The summed E-state index contributed by atoms with van der Waals surface area (Å²) in [5, 5.41) is 10.1. The second kappa shape index (κ2) is 5.60. The number of hydrogen-bond donors (Lipinski definition) is 2. The number of rotatable bonds is 2. The molecule has 0 radical (unpaired) electrons. The number of carbonyl (C=O) groups is 2. The van der Waals surface area contributed by atoms with E-state index in [1.165, 1.54) is 6.07 Å². The second-order valence-electron chi connectivity index (χ2n) is 5.30. The Hall–Kier alpha value is -2.09. The lowest BCUT2D eigenvalue weighted by Crippen LogP contribution is -2.57. The third kappa shape index (κ3) is 3.22. The first-order valence-electron chi connectivity index (χ1n) is 6.62. The van der Waals surface area contributed by atoms with Gasteiger partial charge in [-0.05, 0) is 31.0 Å². The first kappa shape index (κ1) is 16.3. The van der Waals surface area contributed by atoms with Crippen LogP contribution < -0.4 is 5.73 Å². The van der Waals surface area contributed by atoms with Crippen molar-refractivity contribution < 1.29 is 27.9 Å². The third-order valence-electron chi connectivity index (χ3n) is 3.65. The van der Waals surface area contributed by atoms with Crippen molar-refractivity contribution in [2.45, 2.75) is 24.6 Å². The number of alkyl halides is 3. The maximum atomic E-state index is 12.7. The highest BCUT2D eigenvalue weighted by Gasteiger charge is 2.40.